The van der Waals surface area contributed by atoms with Crippen LogP contribution in [-0.2, 0) is 0 Å². The van der Waals surface area contributed by atoms with Crippen molar-refractivity contribution in [2.45, 2.75) is 46.0 Å². The van der Waals surface area contributed by atoms with Gasteiger partial charge in [0, 0.05) is 28.6 Å². The molecule has 0 saturated heterocycles. The standard InChI is InChI=1S/C21H26Cl2N2S/c1-3-10-25(12-18(14-4-5-14)15-6-7-15)21-24-20(13(2)26-21)17-9-8-16(22)11-19(17)23/h8-9,11,14-15,18H,3-7,10,12H2,1-2H3. The van der Waals surface area contributed by atoms with E-state index in [9.17, 15) is 0 Å². The van der Waals surface area contributed by atoms with Crippen molar-refractivity contribution in [3.63, 3.8) is 0 Å². The van der Waals surface area contributed by atoms with Gasteiger partial charge in [0.15, 0.2) is 5.13 Å². The zero-order chi connectivity index (χ0) is 18.3. The van der Waals surface area contributed by atoms with Crippen LogP contribution in [0.3, 0.4) is 0 Å². The molecule has 0 spiro atoms. The molecule has 2 aromatic rings. The molecule has 0 bridgehead atoms. The molecule has 0 radical (unpaired) electrons. The van der Waals surface area contributed by atoms with E-state index in [1.807, 2.05) is 12.1 Å². The first kappa shape index (κ1) is 18.6. The summed E-state index contributed by atoms with van der Waals surface area (Å²) < 4.78 is 0. The summed E-state index contributed by atoms with van der Waals surface area (Å²) in [6, 6.07) is 5.68. The fraction of sp³-hybridized carbons (Fsp3) is 0.571. The van der Waals surface area contributed by atoms with Crippen molar-refractivity contribution in [2.75, 3.05) is 18.0 Å². The third-order valence-electron chi connectivity index (χ3n) is 5.62. The fourth-order valence-corrected chi connectivity index (χ4v) is 5.43. The van der Waals surface area contributed by atoms with Gasteiger partial charge in [-0.25, -0.2) is 4.98 Å². The maximum Gasteiger partial charge on any atom is 0.186 e. The van der Waals surface area contributed by atoms with Crippen LogP contribution in [0, 0.1) is 24.7 Å². The van der Waals surface area contributed by atoms with Crippen molar-refractivity contribution in [1.82, 2.24) is 4.98 Å². The van der Waals surface area contributed by atoms with Crippen molar-refractivity contribution < 1.29 is 0 Å². The van der Waals surface area contributed by atoms with Crippen LogP contribution in [0.15, 0.2) is 18.2 Å². The lowest BCUT2D eigenvalue weighted by atomic mass is 9.97. The van der Waals surface area contributed by atoms with E-state index >= 15 is 0 Å². The first-order chi connectivity index (χ1) is 12.6. The maximum atomic E-state index is 6.44. The van der Waals surface area contributed by atoms with Crippen molar-refractivity contribution in [2.24, 2.45) is 17.8 Å². The highest BCUT2D eigenvalue weighted by Gasteiger charge is 2.42. The summed E-state index contributed by atoms with van der Waals surface area (Å²) in [5, 5.41) is 2.49. The number of hydrogen-bond donors (Lipinski definition) is 0. The van der Waals surface area contributed by atoms with E-state index in [1.54, 1.807) is 17.4 Å². The number of thiazole rings is 1. The molecule has 2 saturated carbocycles. The Morgan fingerprint density at radius 2 is 1.88 bits per heavy atom. The molecule has 2 aliphatic rings. The quantitative estimate of drug-likeness (QED) is 0.463. The molecule has 26 heavy (non-hydrogen) atoms. The molecule has 0 atom stereocenters. The van der Waals surface area contributed by atoms with E-state index in [0.29, 0.717) is 10.0 Å². The predicted molar refractivity (Wildman–Crippen MR) is 114 cm³/mol. The van der Waals surface area contributed by atoms with Gasteiger partial charge in [-0.3, -0.25) is 0 Å². The Morgan fingerprint density at radius 3 is 2.46 bits per heavy atom. The number of anilines is 1. The lowest BCUT2D eigenvalue weighted by Crippen LogP contribution is -2.32. The van der Waals surface area contributed by atoms with Gasteiger partial charge in [-0.1, -0.05) is 30.1 Å². The summed E-state index contributed by atoms with van der Waals surface area (Å²) in [7, 11) is 0. The Labute approximate surface area is 170 Å². The van der Waals surface area contributed by atoms with E-state index in [4.69, 9.17) is 28.2 Å². The summed E-state index contributed by atoms with van der Waals surface area (Å²) in [6.07, 6.45) is 6.89. The number of aromatic nitrogens is 1. The van der Waals surface area contributed by atoms with Crippen molar-refractivity contribution in [3.8, 4) is 11.3 Å². The highest BCUT2D eigenvalue weighted by Crippen LogP contribution is 2.50. The van der Waals surface area contributed by atoms with Crippen LogP contribution in [0.25, 0.3) is 11.3 Å². The van der Waals surface area contributed by atoms with Crippen molar-refractivity contribution >= 4 is 39.7 Å². The highest BCUT2D eigenvalue weighted by atomic mass is 35.5. The smallest absolute Gasteiger partial charge is 0.186 e. The third kappa shape index (κ3) is 4.05. The molecule has 2 aliphatic carbocycles. The van der Waals surface area contributed by atoms with Gasteiger partial charge in [0.25, 0.3) is 0 Å². The Hall–Kier alpha value is -0.770. The van der Waals surface area contributed by atoms with Crippen molar-refractivity contribution in [1.29, 1.82) is 0 Å². The molecule has 2 fully saturated rings. The third-order valence-corrected chi connectivity index (χ3v) is 7.20. The largest absolute Gasteiger partial charge is 0.348 e. The van der Waals surface area contributed by atoms with Crippen LogP contribution in [-0.4, -0.2) is 18.1 Å². The summed E-state index contributed by atoms with van der Waals surface area (Å²) in [5.74, 6) is 2.80. The minimum absolute atomic E-state index is 0.663. The molecular weight excluding hydrogens is 383 g/mol. The minimum atomic E-state index is 0.663. The van der Waals surface area contributed by atoms with Gasteiger partial charge in [0.05, 0.1) is 10.7 Å². The normalized spacial score (nSPS) is 17.1. The second-order valence-electron chi connectivity index (χ2n) is 7.81. The zero-order valence-electron chi connectivity index (χ0n) is 15.5. The number of halogens is 2. The summed E-state index contributed by atoms with van der Waals surface area (Å²) >= 11 is 14.3. The van der Waals surface area contributed by atoms with Gasteiger partial charge in [-0.2, -0.15) is 0 Å². The second-order valence-corrected chi connectivity index (χ2v) is 9.84. The Balaban J connectivity index is 1.60. The van der Waals surface area contributed by atoms with E-state index in [2.05, 4.69) is 18.7 Å². The van der Waals surface area contributed by atoms with Gasteiger partial charge in [-0.05, 0) is 75.0 Å². The average molecular weight is 409 g/mol. The monoisotopic (exact) mass is 408 g/mol. The highest BCUT2D eigenvalue weighted by molar-refractivity contribution is 7.16. The molecule has 140 valence electrons. The maximum absolute atomic E-state index is 6.44. The molecule has 0 aliphatic heterocycles. The number of rotatable bonds is 8. The van der Waals surface area contributed by atoms with E-state index in [1.165, 1.54) is 37.1 Å². The molecule has 1 heterocycles. The second kappa shape index (κ2) is 7.69. The SMILES string of the molecule is CCCN(CC(C1CC1)C1CC1)c1nc(-c2ccc(Cl)cc2Cl)c(C)s1. The lowest BCUT2D eigenvalue weighted by molar-refractivity contribution is 0.402. The van der Waals surface area contributed by atoms with Gasteiger partial charge in [-0.15, -0.1) is 11.3 Å². The van der Waals surface area contributed by atoms with Gasteiger partial charge in [0.1, 0.15) is 0 Å². The van der Waals surface area contributed by atoms with E-state index in [-0.39, 0.29) is 0 Å². The van der Waals surface area contributed by atoms with Crippen LogP contribution in [0.1, 0.15) is 43.9 Å². The Bertz CT molecular complexity index is 768. The first-order valence-electron chi connectivity index (χ1n) is 9.74. The summed E-state index contributed by atoms with van der Waals surface area (Å²) in [6.45, 7) is 6.65. The first-order valence-corrected chi connectivity index (χ1v) is 11.3. The average Bonchev–Trinajstić information content (AvgIpc) is 3.51. The zero-order valence-corrected chi connectivity index (χ0v) is 17.8. The number of benzene rings is 1. The minimum Gasteiger partial charge on any atom is -0.348 e. The van der Waals surface area contributed by atoms with Crippen LogP contribution in [0.2, 0.25) is 10.0 Å². The Kier molecular flexibility index (Phi) is 5.50. The van der Waals surface area contributed by atoms with Gasteiger partial charge >= 0.3 is 0 Å². The molecule has 0 amide bonds. The van der Waals surface area contributed by atoms with Gasteiger partial charge in [0.2, 0.25) is 0 Å². The Morgan fingerprint density at radius 1 is 1.19 bits per heavy atom. The fourth-order valence-electron chi connectivity index (χ4n) is 3.97. The molecule has 1 aromatic heterocycles. The number of nitrogens with zero attached hydrogens (tertiary/aromatic N) is 2. The topological polar surface area (TPSA) is 16.1 Å². The molecule has 5 heteroatoms. The van der Waals surface area contributed by atoms with Crippen LogP contribution >= 0.6 is 34.5 Å². The molecule has 0 N–H and O–H groups in total. The summed E-state index contributed by atoms with van der Waals surface area (Å²) in [5.41, 5.74) is 1.98. The molecule has 2 nitrogen and oxygen atoms in total. The van der Waals surface area contributed by atoms with Crippen LogP contribution in [0.4, 0.5) is 5.13 Å². The van der Waals surface area contributed by atoms with Crippen LogP contribution in [0.5, 0.6) is 0 Å². The molecule has 1 aromatic carbocycles. The molecule has 4 rings (SSSR count). The molecular formula is C21H26Cl2N2S. The predicted octanol–water partition coefficient (Wildman–Crippen LogP) is 7.08. The van der Waals surface area contributed by atoms with E-state index in [0.717, 1.165) is 47.1 Å². The van der Waals surface area contributed by atoms with Crippen molar-refractivity contribution in [3.05, 3.63) is 33.1 Å². The summed E-state index contributed by atoms with van der Waals surface area (Å²) in [4.78, 5) is 8.77. The number of hydrogen-bond acceptors (Lipinski definition) is 3. The lowest BCUT2D eigenvalue weighted by Gasteiger charge is -2.27. The van der Waals surface area contributed by atoms with E-state index < -0.39 is 0 Å². The van der Waals surface area contributed by atoms with Gasteiger partial charge < -0.3 is 4.90 Å². The number of aryl methyl sites for hydroxylation is 1. The van der Waals surface area contributed by atoms with Crippen LogP contribution < -0.4 is 4.90 Å². The molecule has 0 unspecified atom stereocenters.